The van der Waals surface area contributed by atoms with E-state index in [2.05, 4.69) is 20.7 Å². The van der Waals surface area contributed by atoms with Crippen molar-refractivity contribution in [1.29, 1.82) is 0 Å². The zero-order chi connectivity index (χ0) is 19.4. The average molecular weight is 363 g/mol. The highest BCUT2D eigenvalue weighted by Gasteiger charge is 2.17. The fraction of sp³-hybridized carbons (Fsp3) is 0.200. The molecule has 2 aromatic heterocycles. The largest absolute Gasteiger partial charge is 0.345 e. The number of hydrogen-bond donors (Lipinski definition) is 2. The average Bonchev–Trinajstić information content (AvgIpc) is 3.03. The third kappa shape index (κ3) is 4.20. The van der Waals surface area contributed by atoms with Crippen LogP contribution >= 0.6 is 0 Å². The normalized spacial score (nSPS) is 11.7. The quantitative estimate of drug-likeness (QED) is 0.729. The Morgan fingerprint density at radius 1 is 1.15 bits per heavy atom. The molecule has 7 heteroatoms. The third-order valence-electron chi connectivity index (χ3n) is 4.17. The fourth-order valence-electron chi connectivity index (χ4n) is 2.86. The first-order chi connectivity index (χ1) is 13.0. The van der Waals surface area contributed by atoms with E-state index in [1.165, 1.54) is 6.92 Å². The molecule has 0 unspecified atom stereocenters. The summed E-state index contributed by atoms with van der Waals surface area (Å²) in [5.41, 5.74) is 2.88. The van der Waals surface area contributed by atoms with Gasteiger partial charge in [0.1, 0.15) is 0 Å². The van der Waals surface area contributed by atoms with Crippen molar-refractivity contribution in [2.45, 2.75) is 26.8 Å². The van der Waals surface area contributed by atoms with Gasteiger partial charge >= 0.3 is 0 Å². The van der Waals surface area contributed by atoms with E-state index in [4.69, 9.17) is 0 Å². The number of carbonyl (C=O) groups excluding carboxylic acids is 2. The molecule has 3 rings (SSSR count). The van der Waals surface area contributed by atoms with Crippen molar-refractivity contribution in [3.63, 3.8) is 0 Å². The van der Waals surface area contributed by atoms with Crippen LogP contribution in [0.15, 0.2) is 54.9 Å². The zero-order valence-corrected chi connectivity index (χ0v) is 15.4. The minimum Gasteiger partial charge on any atom is -0.345 e. The van der Waals surface area contributed by atoms with Crippen molar-refractivity contribution in [2.24, 2.45) is 0 Å². The predicted octanol–water partition coefficient (Wildman–Crippen LogP) is 3.03. The first kappa shape index (κ1) is 18.3. The van der Waals surface area contributed by atoms with Gasteiger partial charge in [-0.1, -0.05) is 12.1 Å². The van der Waals surface area contributed by atoms with Crippen LogP contribution in [0.1, 0.15) is 41.5 Å². The maximum absolute atomic E-state index is 12.6. The minimum absolute atomic E-state index is 0.182. The summed E-state index contributed by atoms with van der Waals surface area (Å²) in [4.78, 5) is 28.1. The van der Waals surface area contributed by atoms with Gasteiger partial charge in [-0.3, -0.25) is 9.59 Å². The number of rotatable bonds is 5. The molecule has 0 fully saturated rings. The molecule has 138 valence electrons. The minimum atomic E-state index is -0.237. The van der Waals surface area contributed by atoms with Crippen LogP contribution in [0, 0.1) is 6.92 Å². The first-order valence-electron chi connectivity index (χ1n) is 8.60. The molecule has 7 nitrogen and oxygen atoms in total. The smallest absolute Gasteiger partial charge is 0.251 e. The highest BCUT2D eigenvalue weighted by atomic mass is 16.2. The molecule has 0 radical (unpaired) electrons. The number of nitrogens with zero attached hydrogens (tertiary/aromatic N) is 3. The van der Waals surface area contributed by atoms with Crippen LogP contribution in [0.4, 0.5) is 5.69 Å². The Balaban J connectivity index is 1.76. The van der Waals surface area contributed by atoms with Gasteiger partial charge in [0.05, 0.1) is 12.2 Å². The number of hydrogen-bond acceptors (Lipinski definition) is 4. The van der Waals surface area contributed by atoms with Crippen LogP contribution in [0.3, 0.4) is 0 Å². The molecular formula is C20H21N5O2. The molecule has 3 aromatic rings. The van der Waals surface area contributed by atoms with E-state index in [1.807, 2.05) is 32.0 Å². The molecule has 2 amide bonds. The SMILES string of the molecule is CC(=O)Nc1cccc(C(=O)N[C@@H](C)c2cnn(-c3ccccn3)c2C)c1. The number of anilines is 1. The van der Waals surface area contributed by atoms with Crippen LogP contribution in [0.25, 0.3) is 5.82 Å². The highest BCUT2D eigenvalue weighted by molar-refractivity contribution is 5.97. The van der Waals surface area contributed by atoms with Crippen molar-refractivity contribution < 1.29 is 9.59 Å². The van der Waals surface area contributed by atoms with Crippen LogP contribution in [0.2, 0.25) is 0 Å². The molecule has 1 aromatic carbocycles. The second-order valence-corrected chi connectivity index (χ2v) is 6.24. The third-order valence-corrected chi connectivity index (χ3v) is 4.17. The number of carbonyl (C=O) groups is 2. The van der Waals surface area contributed by atoms with Crippen molar-refractivity contribution >= 4 is 17.5 Å². The van der Waals surface area contributed by atoms with Crippen LogP contribution in [0.5, 0.6) is 0 Å². The van der Waals surface area contributed by atoms with Gasteiger partial charge in [-0.05, 0) is 44.2 Å². The number of aromatic nitrogens is 3. The molecule has 0 saturated carbocycles. The number of nitrogens with one attached hydrogen (secondary N) is 2. The van der Waals surface area contributed by atoms with Gasteiger partial charge in [0.2, 0.25) is 5.91 Å². The Kier molecular flexibility index (Phi) is 5.30. The van der Waals surface area contributed by atoms with Crippen molar-refractivity contribution in [2.75, 3.05) is 5.32 Å². The van der Waals surface area contributed by atoms with Gasteiger partial charge in [0, 0.05) is 35.6 Å². The Bertz CT molecular complexity index is 966. The molecule has 0 aliphatic heterocycles. The lowest BCUT2D eigenvalue weighted by atomic mass is 10.1. The molecule has 27 heavy (non-hydrogen) atoms. The van der Waals surface area contributed by atoms with E-state index >= 15 is 0 Å². The standard InChI is InChI=1S/C20H21N5O2/c1-13(18-12-22-25(14(18)2)19-9-4-5-10-21-19)23-20(27)16-7-6-8-17(11-16)24-15(3)26/h4-13H,1-3H3,(H,23,27)(H,24,26)/t13-/m0/s1. The van der Waals surface area contributed by atoms with Gasteiger partial charge < -0.3 is 10.6 Å². The predicted molar refractivity (Wildman–Crippen MR) is 103 cm³/mol. The topological polar surface area (TPSA) is 88.9 Å². The molecule has 0 aliphatic rings. The Morgan fingerprint density at radius 3 is 2.67 bits per heavy atom. The van der Waals surface area contributed by atoms with Crippen molar-refractivity contribution in [3.8, 4) is 5.82 Å². The van der Waals surface area contributed by atoms with E-state index in [0.717, 1.165) is 17.1 Å². The summed E-state index contributed by atoms with van der Waals surface area (Å²) < 4.78 is 1.75. The Labute approximate surface area is 157 Å². The monoisotopic (exact) mass is 363 g/mol. The molecule has 0 aliphatic carbocycles. The maximum atomic E-state index is 12.6. The van der Waals surface area contributed by atoms with Crippen molar-refractivity contribution in [1.82, 2.24) is 20.1 Å². The number of pyridine rings is 1. The Hall–Kier alpha value is -3.48. The molecule has 2 N–H and O–H groups in total. The molecule has 1 atom stereocenters. The lowest BCUT2D eigenvalue weighted by Gasteiger charge is -2.14. The first-order valence-corrected chi connectivity index (χ1v) is 8.60. The molecule has 0 bridgehead atoms. The number of amides is 2. The summed E-state index contributed by atoms with van der Waals surface area (Å²) in [6, 6.07) is 12.2. The van der Waals surface area contributed by atoms with Gasteiger partial charge in [0.25, 0.3) is 5.91 Å². The van der Waals surface area contributed by atoms with E-state index < -0.39 is 0 Å². The van der Waals surface area contributed by atoms with E-state index in [0.29, 0.717) is 11.3 Å². The Morgan fingerprint density at radius 2 is 1.96 bits per heavy atom. The van der Waals surface area contributed by atoms with Gasteiger partial charge in [-0.2, -0.15) is 5.10 Å². The van der Waals surface area contributed by atoms with Gasteiger partial charge in [-0.15, -0.1) is 0 Å². The molecule has 0 saturated heterocycles. The van der Waals surface area contributed by atoms with Crippen LogP contribution in [-0.4, -0.2) is 26.6 Å². The van der Waals surface area contributed by atoms with Gasteiger partial charge in [0.15, 0.2) is 5.82 Å². The second kappa shape index (κ2) is 7.82. The van der Waals surface area contributed by atoms with Crippen LogP contribution in [-0.2, 0) is 4.79 Å². The summed E-state index contributed by atoms with van der Waals surface area (Å²) in [6.07, 6.45) is 3.45. The lowest BCUT2D eigenvalue weighted by molar-refractivity contribution is -0.114. The molecule has 2 heterocycles. The summed E-state index contributed by atoms with van der Waals surface area (Å²) in [7, 11) is 0. The summed E-state index contributed by atoms with van der Waals surface area (Å²) in [6.45, 7) is 5.27. The maximum Gasteiger partial charge on any atom is 0.251 e. The lowest BCUT2D eigenvalue weighted by Crippen LogP contribution is -2.27. The zero-order valence-electron chi connectivity index (χ0n) is 15.4. The fourth-order valence-corrected chi connectivity index (χ4v) is 2.86. The van der Waals surface area contributed by atoms with Crippen LogP contribution < -0.4 is 10.6 Å². The number of benzene rings is 1. The highest BCUT2D eigenvalue weighted by Crippen LogP contribution is 2.20. The van der Waals surface area contributed by atoms with Gasteiger partial charge in [-0.25, -0.2) is 9.67 Å². The molecular weight excluding hydrogens is 342 g/mol. The van der Waals surface area contributed by atoms with E-state index in [-0.39, 0.29) is 17.9 Å². The molecule has 0 spiro atoms. The summed E-state index contributed by atoms with van der Waals surface area (Å²) in [5, 5.41) is 10.0. The summed E-state index contributed by atoms with van der Waals surface area (Å²) in [5.74, 6) is 0.320. The van der Waals surface area contributed by atoms with E-state index in [1.54, 1.807) is 41.3 Å². The van der Waals surface area contributed by atoms with E-state index in [9.17, 15) is 9.59 Å². The second-order valence-electron chi connectivity index (χ2n) is 6.24. The van der Waals surface area contributed by atoms with Crippen molar-refractivity contribution in [3.05, 3.63) is 71.7 Å². The summed E-state index contributed by atoms with van der Waals surface area (Å²) >= 11 is 0.